The minimum absolute atomic E-state index is 0.0749. The number of ether oxygens (including phenoxy) is 1. The van der Waals surface area contributed by atoms with Crippen LogP contribution in [0.1, 0.15) is 16.3 Å². The normalized spacial score (nSPS) is 11.3. The number of aryl methyl sites for hydroxylation is 2. The minimum Gasteiger partial charge on any atom is -0.372 e. The molecule has 2 aromatic rings. The monoisotopic (exact) mass is 267 g/mol. The Kier molecular flexibility index (Phi) is 4.11. The highest BCUT2D eigenvalue weighted by atomic mass is 32.1. The van der Waals surface area contributed by atoms with Crippen LogP contribution in [0.3, 0.4) is 0 Å². The first-order valence-electron chi connectivity index (χ1n) is 5.84. The van der Waals surface area contributed by atoms with Crippen LogP contribution < -0.4 is 10.9 Å². The van der Waals surface area contributed by atoms with Crippen LogP contribution >= 0.6 is 11.3 Å². The molecule has 98 valence electrons. The van der Waals surface area contributed by atoms with E-state index in [1.54, 1.807) is 11.3 Å². The van der Waals surface area contributed by atoms with E-state index in [0.717, 1.165) is 21.8 Å². The Bertz CT molecular complexity index is 603. The highest BCUT2D eigenvalue weighted by Gasteiger charge is 2.11. The fourth-order valence-electron chi connectivity index (χ4n) is 1.71. The molecule has 0 saturated carbocycles. The van der Waals surface area contributed by atoms with Gasteiger partial charge in [-0.05, 0) is 26.5 Å². The van der Waals surface area contributed by atoms with Gasteiger partial charge < -0.3 is 15.0 Å². The molecular formula is C12H17N3O2S. The molecule has 0 aliphatic carbocycles. The first-order chi connectivity index (χ1) is 8.63. The van der Waals surface area contributed by atoms with Crippen molar-refractivity contribution in [2.45, 2.75) is 20.5 Å². The van der Waals surface area contributed by atoms with E-state index in [1.807, 2.05) is 20.9 Å². The number of nitrogens with zero attached hydrogens (tertiary/aromatic N) is 1. The van der Waals surface area contributed by atoms with Crippen LogP contribution in [0.25, 0.3) is 10.2 Å². The summed E-state index contributed by atoms with van der Waals surface area (Å²) in [5.74, 6) is 0.588. The molecule has 0 fully saturated rings. The molecule has 2 rings (SSSR count). The van der Waals surface area contributed by atoms with E-state index < -0.39 is 0 Å². The average Bonchev–Trinajstić information content (AvgIpc) is 2.61. The van der Waals surface area contributed by atoms with Gasteiger partial charge in [-0.25, -0.2) is 4.98 Å². The van der Waals surface area contributed by atoms with Gasteiger partial charge in [0.1, 0.15) is 17.3 Å². The zero-order valence-electron chi connectivity index (χ0n) is 10.8. The van der Waals surface area contributed by atoms with Crippen molar-refractivity contribution >= 4 is 21.6 Å². The second-order valence-corrected chi connectivity index (χ2v) is 5.34. The van der Waals surface area contributed by atoms with Crippen molar-refractivity contribution in [3.8, 4) is 0 Å². The molecule has 0 bridgehead atoms. The molecule has 0 amide bonds. The van der Waals surface area contributed by atoms with Gasteiger partial charge in [-0.15, -0.1) is 11.3 Å². The van der Waals surface area contributed by atoms with E-state index in [-0.39, 0.29) is 5.56 Å². The molecular weight excluding hydrogens is 250 g/mol. The number of aromatic nitrogens is 2. The predicted molar refractivity (Wildman–Crippen MR) is 73.3 cm³/mol. The molecule has 0 aliphatic heterocycles. The number of rotatable bonds is 5. The van der Waals surface area contributed by atoms with Crippen molar-refractivity contribution < 1.29 is 4.74 Å². The number of H-pyrrole nitrogens is 1. The van der Waals surface area contributed by atoms with Crippen molar-refractivity contribution in [3.63, 3.8) is 0 Å². The number of thiophene rings is 1. The average molecular weight is 267 g/mol. The number of fused-ring (bicyclic) bond motifs is 1. The highest BCUT2D eigenvalue weighted by Crippen LogP contribution is 2.25. The van der Waals surface area contributed by atoms with Crippen molar-refractivity contribution in [1.82, 2.24) is 15.3 Å². The lowest BCUT2D eigenvalue weighted by Crippen LogP contribution is -2.16. The number of hydrogen-bond donors (Lipinski definition) is 2. The second kappa shape index (κ2) is 5.60. The molecule has 18 heavy (non-hydrogen) atoms. The molecule has 0 atom stereocenters. The van der Waals surface area contributed by atoms with Gasteiger partial charge in [-0.1, -0.05) is 0 Å². The second-order valence-electron chi connectivity index (χ2n) is 4.13. The van der Waals surface area contributed by atoms with E-state index in [4.69, 9.17) is 4.74 Å². The molecule has 0 saturated heterocycles. The van der Waals surface area contributed by atoms with E-state index >= 15 is 0 Å². The van der Waals surface area contributed by atoms with Crippen LogP contribution in [-0.2, 0) is 11.3 Å². The summed E-state index contributed by atoms with van der Waals surface area (Å²) < 4.78 is 5.41. The quantitative estimate of drug-likeness (QED) is 0.802. The molecule has 5 nitrogen and oxygen atoms in total. The number of likely N-dealkylation sites (N-methyl/N-ethyl adjacent to an activating group) is 1. The Morgan fingerprint density at radius 1 is 1.44 bits per heavy atom. The molecule has 2 heterocycles. The number of nitrogens with one attached hydrogen (secondary N) is 2. The topological polar surface area (TPSA) is 67.0 Å². The van der Waals surface area contributed by atoms with Gasteiger partial charge in [-0.2, -0.15) is 0 Å². The van der Waals surface area contributed by atoms with Crippen LogP contribution in [0.15, 0.2) is 4.79 Å². The SMILES string of the molecule is CNCCOCc1nc2sc(C)c(C)c2c(=O)[nH]1. The van der Waals surface area contributed by atoms with Gasteiger partial charge in [0.15, 0.2) is 0 Å². The predicted octanol–water partition coefficient (Wildman–Crippen LogP) is 1.34. The summed E-state index contributed by atoms with van der Waals surface area (Å²) in [4.78, 5) is 21.1. The molecule has 0 aliphatic rings. The largest absolute Gasteiger partial charge is 0.372 e. The Labute approximate surface area is 109 Å². The summed E-state index contributed by atoms with van der Waals surface area (Å²) in [6.45, 7) is 5.67. The van der Waals surface area contributed by atoms with Gasteiger partial charge in [-0.3, -0.25) is 4.79 Å². The van der Waals surface area contributed by atoms with Gasteiger partial charge in [0.25, 0.3) is 5.56 Å². The molecule has 0 radical (unpaired) electrons. The third kappa shape index (κ3) is 2.60. The Morgan fingerprint density at radius 3 is 2.94 bits per heavy atom. The summed E-state index contributed by atoms with van der Waals surface area (Å²) in [5, 5.41) is 3.70. The summed E-state index contributed by atoms with van der Waals surface area (Å²) in [7, 11) is 1.87. The molecule has 0 spiro atoms. The summed E-state index contributed by atoms with van der Waals surface area (Å²) >= 11 is 1.55. The summed E-state index contributed by atoms with van der Waals surface area (Å²) in [6, 6.07) is 0. The smallest absolute Gasteiger partial charge is 0.259 e. The lowest BCUT2D eigenvalue weighted by atomic mass is 10.2. The fourth-order valence-corrected chi connectivity index (χ4v) is 2.76. The third-order valence-corrected chi connectivity index (χ3v) is 3.92. The van der Waals surface area contributed by atoms with Crippen molar-refractivity contribution in [2.24, 2.45) is 0 Å². The van der Waals surface area contributed by atoms with Crippen molar-refractivity contribution in [3.05, 3.63) is 26.6 Å². The first-order valence-corrected chi connectivity index (χ1v) is 6.66. The zero-order valence-corrected chi connectivity index (χ0v) is 11.6. The van der Waals surface area contributed by atoms with Crippen LogP contribution in [-0.4, -0.2) is 30.2 Å². The number of hydrogen-bond acceptors (Lipinski definition) is 5. The van der Waals surface area contributed by atoms with Gasteiger partial charge >= 0.3 is 0 Å². The standard InChI is InChI=1S/C12H17N3O2S/c1-7-8(2)18-12-10(7)11(16)14-9(15-12)6-17-5-4-13-3/h13H,4-6H2,1-3H3,(H,14,15,16). The lowest BCUT2D eigenvalue weighted by Gasteiger charge is -2.03. The Balaban J connectivity index is 2.24. The first kappa shape index (κ1) is 13.2. The Morgan fingerprint density at radius 2 is 2.22 bits per heavy atom. The van der Waals surface area contributed by atoms with Crippen LogP contribution in [0.4, 0.5) is 0 Å². The van der Waals surface area contributed by atoms with E-state index in [1.165, 1.54) is 0 Å². The van der Waals surface area contributed by atoms with Crippen LogP contribution in [0, 0.1) is 13.8 Å². The maximum absolute atomic E-state index is 12.0. The minimum atomic E-state index is -0.0749. The van der Waals surface area contributed by atoms with Crippen molar-refractivity contribution in [1.29, 1.82) is 0 Å². The zero-order chi connectivity index (χ0) is 13.1. The molecule has 2 aromatic heterocycles. The van der Waals surface area contributed by atoms with E-state index in [0.29, 0.717) is 24.4 Å². The maximum atomic E-state index is 12.0. The van der Waals surface area contributed by atoms with E-state index in [2.05, 4.69) is 15.3 Å². The third-order valence-electron chi connectivity index (χ3n) is 2.82. The Hall–Kier alpha value is -1.24. The molecule has 0 aromatic carbocycles. The van der Waals surface area contributed by atoms with Crippen LogP contribution in [0.5, 0.6) is 0 Å². The molecule has 0 unspecified atom stereocenters. The fraction of sp³-hybridized carbons (Fsp3) is 0.500. The van der Waals surface area contributed by atoms with Crippen molar-refractivity contribution in [2.75, 3.05) is 20.2 Å². The summed E-state index contributed by atoms with van der Waals surface area (Å²) in [5.41, 5.74) is 0.945. The number of aromatic amines is 1. The molecule has 2 N–H and O–H groups in total. The van der Waals surface area contributed by atoms with Crippen LogP contribution in [0.2, 0.25) is 0 Å². The maximum Gasteiger partial charge on any atom is 0.259 e. The molecule has 6 heteroatoms. The lowest BCUT2D eigenvalue weighted by molar-refractivity contribution is 0.118. The highest BCUT2D eigenvalue weighted by molar-refractivity contribution is 7.18. The van der Waals surface area contributed by atoms with E-state index in [9.17, 15) is 4.79 Å². The van der Waals surface area contributed by atoms with Gasteiger partial charge in [0, 0.05) is 11.4 Å². The van der Waals surface area contributed by atoms with Gasteiger partial charge in [0.2, 0.25) is 0 Å². The van der Waals surface area contributed by atoms with Gasteiger partial charge in [0.05, 0.1) is 12.0 Å². The summed E-state index contributed by atoms with van der Waals surface area (Å²) in [6.07, 6.45) is 0.